The summed E-state index contributed by atoms with van der Waals surface area (Å²) in [6.07, 6.45) is 0. The van der Waals surface area contributed by atoms with E-state index in [1.165, 1.54) is 6.07 Å². The van der Waals surface area contributed by atoms with Crippen molar-refractivity contribution in [2.45, 2.75) is 37.5 Å². The minimum Gasteiger partial charge on any atom is -0.386 e. The minimum atomic E-state index is -3.99. The molecule has 2 rings (SSSR count). The van der Waals surface area contributed by atoms with E-state index in [2.05, 4.69) is 5.32 Å². The fourth-order valence-electron chi connectivity index (χ4n) is 2.15. The van der Waals surface area contributed by atoms with Gasteiger partial charge in [-0.15, -0.1) is 11.3 Å². The van der Waals surface area contributed by atoms with Gasteiger partial charge in [-0.1, -0.05) is 6.07 Å². The number of carbonyl (C=O) groups excluding carboxylic acids is 1. The van der Waals surface area contributed by atoms with Gasteiger partial charge in [0.25, 0.3) is 10.0 Å². The summed E-state index contributed by atoms with van der Waals surface area (Å²) in [6, 6.07) is 5.96. The highest BCUT2D eigenvalue weighted by Gasteiger charge is 2.24. The van der Waals surface area contributed by atoms with Crippen LogP contribution in [0.4, 0.5) is 10.5 Å². The summed E-state index contributed by atoms with van der Waals surface area (Å²) in [6.45, 7) is 6.89. The first-order valence-electron chi connectivity index (χ1n) is 7.21. The van der Waals surface area contributed by atoms with E-state index in [9.17, 15) is 18.3 Å². The highest BCUT2D eigenvalue weighted by atomic mass is 32.2. The van der Waals surface area contributed by atoms with Crippen LogP contribution in [0.2, 0.25) is 0 Å². The Hall–Kier alpha value is -1.90. The molecule has 1 heterocycles. The lowest BCUT2D eigenvalue weighted by molar-refractivity contribution is 0.0789. The molecule has 0 atom stereocenters. The topological polar surface area (TPSA) is 95.5 Å². The van der Waals surface area contributed by atoms with Gasteiger partial charge >= 0.3 is 6.03 Å². The van der Waals surface area contributed by atoms with Gasteiger partial charge in [0, 0.05) is 5.69 Å². The SMILES string of the molecule is Cc1cc(C)cc(NC(=O)NS(=O)(=O)c2cc(C(C)(C)O)cs2)c1. The number of benzene rings is 1. The smallest absolute Gasteiger partial charge is 0.333 e. The van der Waals surface area contributed by atoms with Crippen LogP contribution in [0.5, 0.6) is 0 Å². The molecule has 0 fully saturated rings. The van der Waals surface area contributed by atoms with Gasteiger partial charge in [-0.05, 0) is 68.0 Å². The number of urea groups is 1. The molecule has 2 aromatic rings. The molecule has 0 aliphatic heterocycles. The number of anilines is 1. The molecule has 24 heavy (non-hydrogen) atoms. The second-order valence-corrected chi connectivity index (χ2v) is 8.97. The van der Waals surface area contributed by atoms with Gasteiger partial charge in [-0.3, -0.25) is 0 Å². The maximum absolute atomic E-state index is 12.3. The monoisotopic (exact) mass is 368 g/mol. The molecule has 0 saturated carbocycles. The van der Waals surface area contributed by atoms with E-state index in [1.54, 1.807) is 31.4 Å². The van der Waals surface area contributed by atoms with E-state index < -0.39 is 21.7 Å². The number of hydrogen-bond donors (Lipinski definition) is 3. The van der Waals surface area contributed by atoms with E-state index in [4.69, 9.17) is 0 Å². The quantitative estimate of drug-likeness (QED) is 0.773. The number of amides is 2. The molecular weight excluding hydrogens is 348 g/mol. The first-order valence-corrected chi connectivity index (χ1v) is 9.57. The Kier molecular flexibility index (Phi) is 5.03. The maximum atomic E-state index is 12.3. The molecule has 0 aliphatic rings. The van der Waals surface area contributed by atoms with E-state index >= 15 is 0 Å². The van der Waals surface area contributed by atoms with Crippen LogP contribution < -0.4 is 10.0 Å². The van der Waals surface area contributed by atoms with Crippen molar-refractivity contribution in [2.75, 3.05) is 5.32 Å². The molecular formula is C16H20N2O4S2. The highest BCUT2D eigenvalue weighted by molar-refractivity contribution is 7.92. The second-order valence-electron chi connectivity index (χ2n) is 6.15. The highest BCUT2D eigenvalue weighted by Crippen LogP contribution is 2.28. The Balaban J connectivity index is 2.14. The van der Waals surface area contributed by atoms with Crippen molar-refractivity contribution in [1.82, 2.24) is 4.72 Å². The molecule has 0 bridgehead atoms. The average molecular weight is 368 g/mol. The van der Waals surface area contributed by atoms with Crippen LogP contribution in [0.25, 0.3) is 0 Å². The van der Waals surface area contributed by atoms with Crippen molar-refractivity contribution in [3.8, 4) is 0 Å². The number of sulfonamides is 1. The van der Waals surface area contributed by atoms with Crippen molar-refractivity contribution >= 4 is 33.1 Å². The number of rotatable bonds is 4. The van der Waals surface area contributed by atoms with Gasteiger partial charge in [0.2, 0.25) is 0 Å². The Morgan fingerprint density at radius 1 is 1.12 bits per heavy atom. The van der Waals surface area contributed by atoms with Gasteiger partial charge in [0.05, 0.1) is 5.60 Å². The number of aliphatic hydroxyl groups is 1. The molecule has 1 aromatic heterocycles. The zero-order valence-corrected chi connectivity index (χ0v) is 15.5. The lowest BCUT2D eigenvalue weighted by Gasteiger charge is -2.14. The van der Waals surface area contributed by atoms with Crippen LogP contribution in [0.1, 0.15) is 30.5 Å². The third-order valence-electron chi connectivity index (χ3n) is 3.25. The zero-order valence-electron chi connectivity index (χ0n) is 13.9. The largest absolute Gasteiger partial charge is 0.386 e. The normalized spacial score (nSPS) is 12.0. The second kappa shape index (κ2) is 6.54. The van der Waals surface area contributed by atoms with Gasteiger partial charge in [-0.2, -0.15) is 0 Å². The van der Waals surface area contributed by atoms with Crippen molar-refractivity contribution in [3.63, 3.8) is 0 Å². The van der Waals surface area contributed by atoms with E-state index in [-0.39, 0.29) is 4.21 Å². The summed E-state index contributed by atoms with van der Waals surface area (Å²) in [5, 5.41) is 14.0. The Bertz CT molecular complexity index is 844. The Morgan fingerprint density at radius 2 is 1.71 bits per heavy atom. The van der Waals surface area contributed by atoms with Crippen LogP contribution in [0.15, 0.2) is 33.9 Å². The molecule has 0 saturated heterocycles. The molecule has 6 nitrogen and oxygen atoms in total. The van der Waals surface area contributed by atoms with Crippen LogP contribution >= 0.6 is 11.3 Å². The first kappa shape index (κ1) is 18.4. The Labute approximate surface area is 145 Å². The molecule has 0 radical (unpaired) electrons. The lowest BCUT2D eigenvalue weighted by Crippen LogP contribution is -2.34. The van der Waals surface area contributed by atoms with Crippen LogP contribution in [-0.4, -0.2) is 19.6 Å². The van der Waals surface area contributed by atoms with Crippen molar-refractivity contribution < 1.29 is 18.3 Å². The average Bonchev–Trinajstić information content (AvgIpc) is 2.85. The molecule has 3 N–H and O–H groups in total. The predicted molar refractivity (Wildman–Crippen MR) is 94.8 cm³/mol. The van der Waals surface area contributed by atoms with Gasteiger partial charge in [0.1, 0.15) is 4.21 Å². The van der Waals surface area contributed by atoms with E-state index in [0.29, 0.717) is 11.3 Å². The molecule has 0 unspecified atom stereocenters. The number of aryl methyl sites for hydroxylation is 2. The number of carbonyl (C=O) groups is 1. The summed E-state index contributed by atoms with van der Waals surface area (Å²) in [5.41, 5.74) is 1.76. The number of thiophene rings is 1. The van der Waals surface area contributed by atoms with Crippen molar-refractivity contribution in [1.29, 1.82) is 0 Å². The van der Waals surface area contributed by atoms with Gasteiger partial charge in [0.15, 0.2) is 0 Å². The minimum absolute atomic E-state index is 0.0322. The summed E-state index contributed by atoms with van der Waals surface area (Å²) < 4.78 is 26.5. The van der Waals surface area contributed by atoms with E-state index in [1.807, 2.05) is 24.6 Å². The molecule has 1 aromatic carbocycles. The fourth-order valence-corrected chi connectivity index (χ4v) is 4.40. The molecule has 0 aliphatic carbocycles. The van der Waals surface area contributed by atoms with Crippen molar-refractivity contribution in [3.05, 3.63) is 46.3 Å². The predicted octanol–water partition coefficient (Wildman–Crippen LogP) is 3.10. The lowest BCUT2D eigenvalue weighted by atomic mass is 10.0. The summed E-state index contributed by atoms with van der Waals surface area (Å²) >= 11 is 0.946. The molecule has 8 heteroatoms. The summed E-state index contributed by atoms with van der Waals surface area (Å²) in [5.74, 6) is 0. The zero-order chi connectivity index (χ0) is 18.1. The Morgan fingerprint density at radius 3 is 2.21 bits per heavy atom. The maximum Gasteiger partial charge on any atom is 0.333 e. The number of hydrogen-bond acceptors (Lipinski definition) is 5. The standard InChI is InChI=1S/C16H20N2O4S2/c1-10-5-11(2)7-13(6-10)17-15(19)18-24(21,22)14-8-12(9-23-14)16(3,4)20/h5-9,20H,1-4H3,(H2,17,18,19). The first-order chi connectivity index (χ1) is 11.0. The summed E-state index contributed by atoms with van der Waals surface area (Å²) in [7, 11) is -3.99. The van der Waals surface area contributed by atoms with Crippen LogP contribution in [-0.2, 0) is 15.6 Å². The molecule has 130 valence electrons. The third kappa shape index (κ3) is 4.56. The van der Waals surface area contributed by atoms with Gasteiger partial charge in [-0.25, -0.2) is 17.9 Å². The van der Waals surface area contributed by atoms with E-state index in [0.717, 1.165) is 22.5 Å². The number of nitrogens with one attached hydrogen (secondary N) is 2. The fraction of sp³-hybridized carbons (Fsp3) is 0.312. The molecule has 2 amide bonds. The van der Waals surface area contributed by atoms with Crippen molar-refractivity contribution in [2.24, 2.45) is 0 Å². The van der Waals surface area contributed by atoms with Crippen LogP contribution in [0.3, 0.4) is 0 Å². The summed E-state index contributed by atoms with van der Waals surface area (Å²) in [4.78, 5) is 12.0. The third-order valence-corrected chi connectivity index (χ3v) is 6.02. The van der Waals surface area contributed by atoms with Crippen LogP contribution in [0, 0.1) is 13.8 Å². The molecule has 0 spiro atoms. The van der Waals surface area contributed by atoms with Gasteiger partial charge < -0.3 is 10.4 Å².